The number of para-hydroxylation sites is 2. The van der Waals surface area contributed by atoms with Gasteiger partial charge in [0.25, 0.3) is 5.72 Å². The zero-order chi connectivity index (χ0) is 29.2. The summed E-state index contributed by atoms with van der Waals surface area (Å²) < 4.78 is 17.5. The zero-order valence-electron chi connectivity index (χ0n) is 23.3. The van der Waals surface area contributed by atoms with Gasteiger partial charge >= 0.3 is 5.97 Å². The molecule has 0 bridgehead atoms. The third-order valence-corrected chi connectivity index (χ3v) is 7.32. The van der Waals surface area contributed by atoms with Gasteiger partial charge in [-0.3, -0.25) is 4.84 Å². The van der Waals surface area contributed by atoms with Crippen LogP contribution >= 0.6 is 0 Å². The number of nitrogens with zero attached hydrogens (tertiary/aromatic N) is 3. The third kappa shape index (κ3) is 5.49. The van der Waals surface area contributed by atoms with E-state index < -0.39 is 11.7 Å². The number of pyridine rings is 2. The number of likely N-dealkylation sites (N-methyl/N-ethyl adjacent to an activating group) is 1. The predicted molar refractivity (Wildman–Crippen MR) is 161 cm³/mol. The molecule has 8 heteroatoms. The highest BCUT2D eigenvalue weighted by Gasteiger charge is 2.62. The van der Waals surface area contributed by atoms with E-state index in [4.69, 9.17) is 19.0 Å². The number of esters is 1. The van der Waals surface area contributed by atoms with Gasteiger partial charge in [0.1, 0.15) is 30.5 Å². The van der Waals surface area contributed by atoms with Crippen LogP contribution in [0.5, 0.6) is 17.2 Å². The smallest absolute Gasteiger partial charge is 0.368 e. The van der Waals surface area contributed by atoms with E-state index in [2.05, 4.69) is 9.97 Å². The van der Waals surface area contributed by atoms with Crippen molar-refractivity contribution < 1.29 is 23.8 Å². The highest BCUT2D eigenvalue weighted by molar-refractivity contribution is 5.85. The summed E-state index contributed by atoms with van der Waals surface area (Å²) in [6, 6.07) is 38.0. The van der Waals surface area contributed by atoms with E-state index in [0.717, 1.165) is 33.2 Å². The second-order valence-corrected chi connectivity index (χ2v) is 10.2. The number of hydrogen-bond donors (Lipinski definition) is 0. The van der Waals surface area contributed by atoms with Crippen molar-refractivity contribution in [2.45, 2.75) is 18.9 Å². The fraction of sp³-hybridized carbons (Fsp3) is 0.114. The molecule has 0 radical (unpaired) electrons. The lowest BCUT2D eigenvalue weighted by molar-refractivity contribution is -0.141. The number of carbonyl (C=O) groups excluding carboxylic acids is 1. The zero-order valence-corrected chi connectivity index (χ0v) is 23.3. The van der Waals surface area contributed by atoms with Crippen molar-refractivity contribution in [1.82, 2.24) is 15.0 Å². The van der Waals surface area contributed by atoms with Gasteiger partial charge in [0.05, 0.1) is 22.4 Å². The lowest BCUT2D eigenvalue weighted by Gasteiger charge is -2.13. The maximum atomic E-state index is 13.2. The van der Waals surface area contributed by atoms with Crippen molar-refractivity contribution >= 4 is 27.8 Å². The first kappa shape index (κ1) is 26.6. The van der Waals surface area contributed by atoms with Crippen LogP contribution in [0, 0.1) is 0 Å². The number of benzene rings is 4. The van der Waals surface area contributed by atoms with Gasteiger partial charge in [-0.25, -0.2) is 14.8 Å². The summed E-state index contributed by atoms with van der Waals surface area (Å²) in [6.45, 7) is 0.649. The van der Waals surface area contributed by atoms with Crippen LogP contribution in [0.25, 0.3) is 21.8 Å². The van der Waals surface area contributed by atoms with E-state index in [1.54, 1.807) is 55.6 Å². The lowest BCUT2D eigenvalue weighted by Crippen LogP contribution is -2.30. The number of carbonyl (C=O) groups is 1. The number of hydrogen-bond acceptors (Lipinski definition) is 8. The quantitative estimate of drug-likeness (QED) is 0.110. The first-order chi connectivity index (χ1) is 21.1. The average Bonchev–Trinajstić information content (AvgIpc) is 3.75. The normalized spacial score (nSPS) is 17.5. The fourth-order valence-corrected chi connectivity index (χ4v) is 4.94. The van der Waals surface area contributed by atoms with E-state index >= 15 is 0 Å². The Labute approximate surface area is 248 Å². The molecule has 3 heterocycles. The van der Waals surface area contributed by atoms with E-state index in [-0.39, 0.29) is 0 Å². The molecular formula is C35H27N3O5. The molecule has 0 aliphatic carbocycles. The number of rotatable bonds is 9. The molecule has 2 unspecified atom stereocenters. The summed E-state index contributed by atoms with van der Waals surface area (Å²) in [5, 5.41) is 3.64. The van der Waals surface area contributed by atoms with E-state index in [1.807, 2.05) is 72.8 Å². The third-order valence-electron chi connectivity index (χ3n) is 7.32. The molecule has 0 N–H and O–H groups in total. The van der Waals surface area contributed by atoms with Crippen molar-refractivity contribution in [1.29, 1.82) is 0 Å². The topological polar surface area (TPSA) is 86.1 Å². The van der Waals surface area contributed by atoms with E-state index in [0.29, 0.717) is 36.0 Å². The molecule has 2 aromatic heterocycles. The van der Waals surface area contributed by atoms with Gasteiger partial charge in [-0.15, -0.1) is 5.06 Å². The monoisotopic (exact) mass is 569 g/mol. The Bertz CT molecular complexity index is 1930. The van der Waals surface area contributed by atoms with Crippen LogP contribution < -0.4 is 14.2 Å². The number of ether oxygens (including phenoxy) is 3. The molecule has 1 fully saturated rings. The fourth-order valence-electron chi connectivity index (χ4n) is 4.94. The predicted octanol–water partition coefficient (Wildman–Crippen LogP) is 6.58. The average molecular weight is 570 g/mol. The van der Waals surface area contributed by atoms with Crippen LogP contribution in [0.1, 0.15) is 17.0 Å². The van der Waals surface area contributed by atoms with Crippen LogP contribution in [-0.4, -0.2) is 28.0 Å². The molecule has 0 saturated carbocycles. The van der Waals surface area contributed by atoms with Crippen molar-refractivity contribution in [2.24, 2.45) is 0 Å². The molecule has 4 aromatic carbocycles. The van der Waals surface area contributed by atoms with Gasteiger partial charge in [0.15, 0.2) is 0 Å². The van der Waals surface area contributed by atoms with Gasteiger partial charge in [-0.1, -0.05) is 60.7 Å². The maximum Gasteiger partial charge on any atom is 0.368 e. The Hall–Kier alpha value is -5.31. The Morgan fingerprint density at radius 1 is 0.651 bits per heavy atom. The Balaban J connectivity index is 0.962. The van der Waals surface area contributed by atoms with Crippen molar-refractivity contribution in [3.05, 3.63) is 138 Å². The van der Waals surface area contributed by atoms with Crippen molar-refractivity contribution in [3.63, 3.8) is 0 Å². The minimum atomic E-state index is -1.32. The van der Waals surface area contributed by atoms with Crippen LogP contribution in [0.15, 0.2) is 121 Å². The molecule has 1 saturated heterocycles. The van der Waals surface area contributed by atoms with E-state index in [9.17, 15) is 4.79 Å². The standard InChI is InChI=1S/C35H27N3O5/c1-38-35(43-38,26-12-16-29(17-13-26)40-22-27-14-10-24-6-2-4-8-32(24)36-27)34(39)42-31-20-18-30(19-21-31)41-23-28-15-11-25-7-3-5-9-33(25)37-28/h2-21H,22-23H2,1H3. The maximum absolute atomic E-state index is 13.2. The minimum Gasteiger partial charge on any atom is -0.487 e. The summed E-state index contributed by atoms with van der Waals surface area (Å²) in [6.07, 6.45) is 0. The molecular weight excluding hydrogens is 542 g/mol. The first-order valence-electron chi connectivity index (χ1n) is 13.9. The molecule has 212 valence electrons. The number of aromatic nitrogens is 2. The summed E-state index contributed by atoms with van der Waals surface area (Å²) in [7, 11) is 1.69. The SMILES string of the molecule is CN1OC1(C(=O)Oc1ccc(OCc2ccc3ccccc3n2)cc1)c1ccc(OCc2ccc3ccccc3n2)cc1. The van der Waals surface area contributed by atoms with Gasteiger partial charge in [-0.2, -0.15) is 0 Å². The molecule has 0 amide bonds. The summed E-state index contributed by atoms with van der Waals surface area (Å²) >= 11 is 0. The molecule has 8 nitrogen and oxygen atoms in total. The Morgan fingerprint density at radius 2 is 1.12 bits per heavy atom. The Morgan fingerprint density at radius 3 is 1.63 bits per heavy atom. The molecule has 1 aliphatic rings. The molecule has 6 aromatic rings. The number of fused-ring (bicyclic) bond motifs is 2. The Kier molecular flexibility index (Phi) is 6.90. The second-order valence-electron chi connectivity index (χ2n) is 10.2. The molecule has 0 spiro atoms. The molecule has 43 heavy (non-hydrogen) atoms. The first-order valence-corrected chi connectivity index (χ1v) is 13.9. The molecule has 1 aliphatic heterocycles. The van der Waals surface area contributed by atoms with Gasteiger partial charge in [-0.05, 0) is 60.7 Å². The van der Waals surface area contributed by atoms with Crippen LogP contribution in [-0.2, 0) is 28.6 Å². The summed E-state index contributed by atoms with van der Waals surface area (Å²) in [5.74, 6) is 1.13. The summed E-state index contributed by atoms with van der Waals surface area (Å²) in [5.41, 5.74) is 2.82. The van der Waals surface area contributed by atoms with Crippen LogP contribution in [0.4, 0.5) is 0 Å². The molecule has 2 atom stereocenters. The van der Waals surface area contributed by atoms with Gasteiger partial charge in [0.2, 0.25) is 0 Å². The van der Waals surface area contributed by atoms with Crippen LogP contribution in [0.3, 0.4) is 0 Å². The second kappa shape index (κ2) is 11.2. The van der Waals surface area contributed by atoms with Crippen molar-refractivity contribution in [3.8, 4) is 17.2 Å². The van der Waals surface area contributed by atoms with Gasteiger partial charge < -0.3 is 14.2 Å². The van der Waals surface area contributed by atoms with Gasteiger partial charge in [0, 0.05) is 23.4 Å². The summed E-state index contributed by atoms with van der Waals surface area (Å²) in [4.78, 5) is 28.2. The van der Waals surface area contributed by atoms with Crippen LogP contribution in [0.2, 0.25) is 0 Å². The highest BCUT2D eigenvalue weighted by atomic mass is 16.9. The lowest BCUT2D eigenvalue weighted by atomic mass is 10.1. The largest absolute Gasteiger partial charge is 0.487 e. The number of hydroxylamine groups is 2. The van der Waals surface area contributed by atoms with E-state index in [1.165, 1.54) is 5.06 Å². The van der Waals surface area contributed by atoms with Crippen molar-refractivity contribution in [2.75, 3.05) is 7.05 Å². The minimum absolute atomic E-state index is 0.324. The highest BCUT2D eigenvalue weighted by Crippen LogP contribution is 2.44. The molecule has 7 rings (SSSR count).